The maximum Gasteiger partial charge on any atom is 0.323 e. The number of nitrogens with zero attached hydrogens (tertiary/aromatic N) is 1. The number of esters is 1. The minimum atomic E-state index is -0.427. The molecule has 3 aromatic rings. The van der Waals surface area contributed by atoms with Crippen molar-refractivity contribution >= 4 is 34.4 Å². The van der Waals surface area contributed by atoms with Crippen LogP contribution in [0.15, 0.2) is 42.5 Å². The molecule has 1 amide bonds. The van der Waals surface area contributed by atoms with Crippen LogP contribution in [0.5, 0.6) is 0 Å². The van der Waals surface area contributed by atoms with Crippen LogP contribution in [0.25, 0.3) is 10.9 Å². The molecule has 1 saturated heterocycles. The third kappa shape index (κ3) is 4.31. The fourth-order valence-corrected chi connectivity index (χ4v) is 4.48. The van der Waals surface area contributed by atoms with Crippen LogP contribution in [-0.4, -0.2) is 47.5 Å². The molecule has 0 spiro atoms. The van der Waals surface area contributed by atoms with E-state index < -0.39 is 6.04 Å². The van der Waals surface area contributed by atoms with Crippen LogP contribution in [0.4, 0.5) is 0 Å². The van der Waals surface area contributed by atoms with Crippen LogP contribution in [0.3, 0.4) is 0 Å². The van der Waals surface area contributed by atoms with Crippen LogP contribution in [0.2, 0.25) is 5.02 Å². The van der Waals surface area contributed by atoms with Gasteiger partial charge in [0.15, 0.2) is 0 Å². The number of rotatable bonds is 5. The number of halogens is 1. The lowest BCUT2D eigenvalue weighted by Gasteiger charge is -2.22. The standard InChI is InChI=1S/C24H26ClN3O3/c1-14-15(2)26-21-9-8-16(10-19(14)21)23(29)27-18-11-22(24(30)31-3)28(13-18)12-17-6-4-5-7-20(17)25/h4-10,18,22,26H,11-13H2,1-3H3,(H,27,29)/t18-,22-/m0/s1. The highest BCUT2D eigenvalue weighted by Crippen LogP contribution is 2.26. The molecule has 2 heterocycles. The Morgan fingerprint density at radius 2 is 2.00 bits per heavy atom. The van der Waals surface area contributed by atoms with Crippen LogP contribution >= 0.6 is 11.6 Å². The van der Waals surface area contributed by atoms with E-state index in [1.165, 1.54) is 7.11 Å². The number of benzene rings is 2. The van der Waals surface area contributed by atoms with Gasteiger partial charge in [0.05, 0.1) is 7.11 Å². The fraction of sp³-hybridized carbons (Fsp3) is 0.333. The van der Waals surface area contributed by atoms with E-state index in [9.17, 15) is 9.59 Å². The first-order valence-electron chi connectivity index (χ1n) is 10.3. The number of carbonyl (C=O) groups excluding carboxylic acids is 2. The molecule has 1 aliphatic rings. The highest BCUT2D eigenvalue weighted by Gasteiger charge is 2.38. The van der Waals surface area contributed by atoms with E-state index in [0.717, 1.165) is 27.7 Å². The topological polar surface area (TPSA) is 74.4 Å². The largest absolute Gasteiger partial charge is 0.468 e. The highest BCUT2D eigenvalue weighted by atomic mass is 35.5. The highest BCUT2D eigenvalue weighted by molar-refractivity contribution is 6.31. The second kappa shape index (κ2) is 8.73. The number of ether oxygens (including phenoxy) is 1. The Kier molecular flexibility index (Phi) is 6.03. The Labute approximate surface area is 186 Å². The molecule has 0 aliphatic carbocycles. The lowest BCUT2D eigenvalue weighted by atomic mass is 10.1. The summed E-state index contributed by atoms with van der Waals surface area (Å²) in [7, 11) is 1.39. The summed E-state index contributed by atoms with van der Waals surface area (Å²) in [5, 5.41) is 4.80. The maximum absolute atomic E-state index is 13.0. The van der Waals surface area contributed by atoms with E-state index in [1.54, 1.807) is 0 Å². The molecule has 6 nitrogen and oxygen atoms in total. The Bertz CT molecular complexity index is 1140. The normalized spacial score (nSPS) is 19.0. The fourth-order valence-electron chi connectivity index (χ4n) is 4.28. The molecular weight excluding hydrogens is 414 g/mol. The summed E-state index contributed by atoms with van der Waals surface area (Å²) >= 11 is 6.31. The molecule has 0 radical (unpaired) electrons. The zero-order chi connectivity index (χ0) is 22.1. The van der Waals surface area contributed by atoms with Crippen LogP contribution in [0, 0.1) is 13.8 Å². The molecule has 7 heteroatoms. The molecule has 0 unspecified atom stereocenters. The van der Waals surface area contributed by atoms with Gasteiger partial charge in [-0.1, -0.05) is 29.8 Å². The summed E-state index contributed by atoms with van der Waals surface area (Å²) in [6.07, 6.45) is 0.493. The molecule has 4 rings (SSSR count). The third-order valence-electron chi connectivity index (χ3n) is 6.11. The van der Waals surface area contributed by atoms with Crippen molar-refractivity contribution in [1.82, 2.24) is 15.2 Å². The number of fused-ring (bicyclic) bond motifs is 1. The number of nitrogens with one attached hydrogen (secondary N) is 2. The molecule has 1 aliphatic heterocycles. The zero-order valence-electron chi connectivity index (χ0n) is 17.9. The second-order valence-electron chi connectivity index (χ2n) is 8.10. The number of hydrogen-bond donors (Lipinski definition) is 2. The monoisotopic (exact) mass is 439 g/mol. The first-order valence-corrected chi connectivity index (χ1v) is 10.7. The number of aromatic nitrogens is 1. The third-order valence-corrected chi connectivity index (χ3v) is 6.48. The van der Waals surface area contributed by atoms with Crippen LogP contribution < -0.4 is 5.32 Å². The average molecular weight is 440 g/mol. The second-order valence-corrected chi connectivity index (χ2v) is 8.51. The number of aryl methyl sites for hydroxylation is 2. The minimum Gasteiger partial charge on any atom is -0.468 e. The van der Waals surface area contributed by atoms with Crippen molar-refractivity contribution in [3.8, 4) is 0 Å². The summed E-state index contributed by atoms with van der Waals surface area (Å²) < 4.78 is 5.00. The number of hydrogen-bond acceptors (Lipinski definition) is 4. The van der Waals surface area contributed by atoms with Crippen molar-refractivity contribution in [3.05, 3.63) is 69.9 Å². The summed E-state index contributed by atoms with van der Waals surface area (Å²) in [4.78, 5) is 30.7. The molecule has 1 aromatic heterocycles. The Morgan fingerprint density at radius 1 is 1.23 bits per heavy atom. The van der Waals surface area contributed by atoms with E-state index in [4.69, 9.17) is 16.3 Å². The molecule has 1 fully saturated rings. The van der Waals surface area contributed by atoms with Crippen molar-refractivity contribution in [1.29, 1.82) is 0 Å². The Morgan fingerprint density at radius 3 is 2.74 bits per heavy atom. The van der Waals surface area contributed by atoms with Crippen molar-refractivity contribution in [2.24, 2.45) is 0 Å². The van der Waals surface area contributed by atoms with Gasteiger partial charge >= 0.3 is 5.97 Å². The lowest BCUT2D eigenvalue weighted by Crippen LogP contribution is -2.37. The average Bonchev–Trinajstić information content (AvgIpc) is 3.29. The number of amides is 1. The Hall–Kier alpha value is -2.83. The van der Waals surface area contributed by atoms with Gasteiger partial charge in [-0.25, -0.2) is 0 Å². The lowest BCUT2D eigenvalue weighted by molar-refractivity contribution is -0.146. The van der Waals surface area contributed by atoms with E-state index in [-0.39, 0.29) is 17.9 Å². The molecule has 31 heavy (non-hydrogen) atoms. The predicted molar refractivity (Wildman–Crippen MR) is 121 cm³/mol. The SMILES string of the molecule is COC(=O)[C@@H]1C[C@H](NC(=O)c2ccc3[nH]c(C)c(C)c3c2)CN1Cc1ccccc1Cl. The van der Waals surface area contributed by atoms with Crippen molar-refractivity contribution < 1.29 is 14.3 Å². The van der Waals surface area contributed by atoms with Gasteiger partial charge in [0.25, 0.3) is 5.91 Å². The van der Waals surface area contributed by atoms with Gasteiger partial charge in [-0.15, -0.1) is 0 Å². The van der Waals surface area contributed by atoms with Gasteiger partial charge in [0.1, 0.15) is 6.04 Å². The van der Waals surface area contributed by atoms with E-state index in [2.05, 4.69) is 10.3 Å². The first-order chi connectivity index (χ1) is 14.9. The van der Waals surface area contributed by atoms with Gasteiger partial charge in [-0.2, -0.15) is 0 Å². The quantitative estimate of drug-likeness (QED) is 0.589. The zero-order valence-corrected chi connectivity index (χ0v) is 18.6. The van der Waals surface area contributed by atoms with Crippen molar-refractivity contribution in [2.45, 2.75) is 38.9 Å². The molecule has 0 bridgehead atoms. The molecule has 162 valence electrons. The molecule has 2 aromatic carbocycles. The number of H-pyrrole nitrogens is 1. The molecular formula is C24H26ClN3O3. The number of carbonyl (C=O) groups is 2. The number of likely N-dealkylation sites (tertiary alicyclic amines) is 1. The molecule has 2 atom stereocenters. The molecule has 2 N–H and O–H groups in total. The van der Waals surface area contributed by atoms with Gasteiger partial charge in [0, 0.05) is 46.3 Å². The minimum absolute atomic E-state index is 0.145. The first kappa shape index (κ1) is 21.4. The van der Waals surface area contributed by atoms with E-state index in [0.29, 0.717) is 30.1 Å². The summed E-state index contributed by atoms with van der Waals surface area (Å²) in [5.74, 6) is -0.447. The van der Waals surface area contributed by atoms with Crippen molar-refractivity contribution in [3.63, 3.8) is 0 Å². The van der Waals surface area contributed by atoms with Gasteiger partial charge in [0.2, 0.25) is 0 Å². The number of aromatic amines is 1. The predicted octanol–water partition coefficient (Wildman–Crippen LogP) is 3.98. The Balaban J connectivity index is 1.50. The number of methoxy groups -OCH3 is 1. The smallest absolute Gasteiger partial charge is 0.323 e. The van der Waals surface area contributed by atoms with Crippen LogP contribution in [0.1, 0.15) is 33.6 Å². The van der Waals surface area contributed by atoms with Gasteiger partial charge in [-0.3, -0.25) is 14.5 Å². The van der Waals surface area contributed by atoms with E-state index >= 15 is 0 Å². The molecule has 0 saturated carbocycles. The maximum atomic E-state index is 13.0. The van der Waals surface area contributed by atoms with Gasteiger partial charge in [-0.05, 0) is 55.7 Å². The summed E-state index contributed by atoms with van der Waals surface area (Å²) in [6.45, 7) is 5.12. The van der Waals surface area contributed by atoms with Crippen molar-refractivity contribution in [2.75, 3.05) is 13.7 Å². The van der Waals surface area contributed by atoms with E-state index in [1.807, 2.05) is 61.2 Å². The van der Waals surface area contributed by atoms with Gasteiger partial charge < -0.3 is 15.0 Å². The summed E-state index contributed by atoms with van der Waals surface area (Å²) in [5.41, 5.74) is 4.80. The summed E-state index contributed by atoms with van der Waals surface area (Å²) in [6, 6.07) is 12.6. The van der Waals surface area contributed by atoms with Crippen LogP contribution in [-0.2, 0) is 16.1 Å².